The molecule has 0 bridgehead atoms. The van der Waals surface area contributed by atoms with Crippen molar-refractivity contribution in [2.75, 3.05) is 5.75 Å². The lowest BCUT2D eigenvalue weighted by Gasteiger charge is -2.21. The Bertz CT molecular complexity index is 1160. The lowest BCUT2D eigenvalue weighted by Crippen LogP contribution is -2.32. The molecule has 2 aromatic carbocycles. The number of aromatic nitrogens is 3. The standard InChI is InChI=1S/C24H29FN4O2S2/c1-29-23(26-27-24(29)32-17-19-11-6-3-7-12-19)22(15-18-9-4-2-5-10-18)28-33(30,31)21-14-8-13-20(25)16-21/h2,4-5,8-10,13-14,16,19,22,28H,3,6-7,11-12,15,17H2,1H3/t22-/m0/s1. The first-order valence-corrected chi connectivity index (χ1v) is 13.7. The molecule has 33 heavy (non-hydrogen) atoms. The van der Waals surface area contributed by atoms with E-state index in [0.29, 0.717) is 18.2 Å². The van der Waals surface area contributed by atoms with Gasteiger partial charge in [-0.15, -0.1) is 10.2 Å². The van der Waals surface area contributed by atoms with Gasteiger partial charge >= 0.3 is 0 Å². The van der Waals surface area contributed by atoms with E-state index in [2.05, 4.69) is 14.9 Å². The zero-order valence-electron chi connectivity index (χ0n) is 18.7. The highest BCUT2D eigenvalue weighted by Crippen LogP contribution is 2.30. The van der Waals surface area contributed by atoms with Gasteiger partial charge in [-0.05, 0) is 48.9 Å². The van der Waals surface area contributed by atoms with E-state index in [-0.39, 0.29) is 4.90 Å². The molecule has 1 N–H and O–H groups in total. The summed E-state index contributed by atoms with van der Waals surface area (Å²) < 4.78 is 44.4. The smallest absolute Gasteiger partial charge is 0.241 e. The number of hydrogen-bond acceptors (Lipinski definition) is 5. The van der Waals surface area contributed by atoms with E-state index in [9.17, 15) is 12.8 Å². The third-order valence-corrected chi connectivity index (χ3v) is 8.76. The van der Waals surface area contributed by atoms with Crippen LogP contribution in [-0.2, 0) is 23.5 Å². The van der Waals surface area contributed by atoms with Gasteiger partial charge in [-0.3, -0.25) is 0 Å². The number of rotatable bonds is 9. The van der Waals surface area contributed by atoms with Crippen LogP contribution < -0.4 is 4.72 Å². The maximum absolute atomic E-state index is 13.7. The van der Waals surface area contributed by atoms with Gasteiger partial charge in [0.25, 0.3) is 0 Å². The fourth-order valence-electron chi connectivity index (χ4n) is 4.23. The monoisotopic (exact) mass is 488 g/mol. The molecule has 1 aliphatic rings. The van der Waals surface area contributed by atoms with E-state index in [1.54, 1.807) is 11.8 Å². The van der Waals surface area contributed by atoms with Gasteiger partial charge in [-0.2, -0.15) is 0 Å². The molecule has 1 atom stereocenters. The van der Waals surface area contributed by atoms with Crippen molar-refractivity contribution in [1.29, 1.82) is 0 Å². The van der Waals surface area contributed by atoms with Crippen molar-refractivity contribution in [3.8, 4) is 0 Å². The van der Waals surface area contributed by atoms with Gasteiger partial charge in [0, 0.05) is 12.8 Å². The molecule has 0 unspecified atom stereocenters. The molecule has 1 aliphatic carbocycles. The van der Waals surface area contributed by atoms with Gasteiger partial charge in [0.2, 0.25) is 10.0 Å². The number of benzene rings is 2. The highest BCUT2D eigenvalue weighted by Gasteiger charge is 2.27. The van der Waals surface area contributed by atoms with Gasteiger partial charge < -0.3 is 4.57 Å². The minimum atomic E-state index is -3.97. The number of hydrogen-bond donors (Lipinski definition) is 1. The average molecular weight is 489 g/mol. The summed E-state index contributed by atoms with van der Waals surface area (Å²) in [4.78, 5) is -0.116. The Labute approximate surface area is 199 Å². The molecule has 0 amide bonds. The Hall–Kier alpha value is -2.23. The molecule has 1 aromatic heterocycles. The molecule has 1 fully saturated rings. The van der Waals surface area contributed by atoms with Crippen molar-refractivity contribution >= 4 is 21.8 Å². The van der Waals surface area contributed by atoms with E-state index in [4.69, 9.17) is 0 Å². The van der Waals surface area contributed by atoms with Crippen LogP contribution in [0.15, 0.2) is 64.6 Å². The number of nitrogens with zero attached hydrogens (tertiary/aromatic N) is 3. The third kappa shape index (κ3) is 6.22. The Morgan fingerprint density at radius 2 is 1.85 bits per heavy atom. The van der Waals surface area contributed by atoms with Crippen LogP contribution in [-0.4, -0.2) is 28.9 Å². The molecule has 0 radical (unpaired) electrons. The van der Waals surface area contributed by atoms with Crippen LogP contribution in [0, 0.1) is 11.7 Å². The summed E-state index contributed by atoms with van der Waals surface area (Å²) in [6.07, 6.45) is 6.80. The van der Waals surface area contributed by atoms with Crippen LogP contribution >= 0.6 is 11.8 Å². The van der Waals surface area contributed by atoms with E-state index in [1.165, 1.54) is 50.3 Å². The van der Waals surface area contributed by atoms with Crippen LogP contribution in [0.5, 0.6) is 0 Å². The third-order valence-electron chi connectivity index (χ3n) is 6.04. The molecule has 6 nitrogen and oxygen atoms in total. The highest BCUT2D eigenvalue weighted by atomic mass is 32.2. The van der Waals surface area contributed by atoms with Crippen molar-refractivity contribution in [1.82, 2.24) is 19.5 Å². The molecular formula is C24H29FN4O2S2. The fraction of sp³-hybridized carbons (Fsp3) is 0.417. The summed E-state index contributed by atoms with van der Waals surface area (Å²) in [7, 11) is -2.10. The quantitative estimate of drug-likeness (QED) is 0.434. The number of sulfonamides is 1. The normalized spacial score (nSPS) is 16.1. The first-order chi connectivity index (χ1) is 15.9. The summed E-state index contributed by atoms with van der Waals surface area (Å²) in [6.45, 7) is 0. The Kier molecular flexibility index (Phi) is 7.82. The molecule has 1 heterocycles. The second-order valence-electron chi connectivity index (χ2n) is 8.54. The first kappa shape index (κ1) is 23.9. The Morgan fingerprint density at radius 3 is 2.58 bits per heavy atom. The summed E-state index contributed by atoms with van der Waals surface area (Å²) in [6, 6.07) is 14.0. The lowest BCUT2D eigenvalue weighted by molar-refractivity contribution is 0.390. The SMILES string of the molecule is Cn1c(SCC2CCCCC2)nnc1[C@H](Cc1ccccc1)NS(=O)(=O)c1cccc(F)c1. The predicted octanol–water partition coefficient (Wildman–Crippen LogP) is 4.89. The molecule has 0 spiro atoms. The van der Waals surface area contributed by atoms with E-state index < -0.39 is 21.9 Å². The lowest BCUT2D eigenvalue weighted by atomic mass is 9.91. The first-order valence-electron chi connectivity index (χ1n) is 11.3. The van der Waals surface area contributed by atoms with Gasteiger partial charge in [0.1, 0.15) is 5.82 Å². The van der Waals surface area contributed by atoms with Crippen LogP contribution in [0.3, 0.4) is 0 Å². The molecule has 9 heteroatoms. The predicted molar refractivity (Wildman–Crippen MR) is 128 cm³/mol. The zero-order valence-corrected chi connectivity index (χ0v) is 20.3. The largest absolute Gasteiger partial charge is 0.308 e. The maximum atomic E-state index is 13.7. The summed E-state index contributed by atoms with van der Waals surface area (Å²) in [5, 5.41) is 9.50. The van der Waals surface area contributed by atoms with Crippen LogP contribution in [0.25, 0.3) is 0 Å². The molecule has 1 saturated carbocycles. The Balaban J connectivity index is 1.57. The minimum absolute atomic E-state index is 0.116. The minimum Gasteiger partial charge on any atom is -0.308 e. The number of halogens is 1. The molecule has 176 valence electrons. The van der Waals surface area contributed by atoms with Gasteiger partial charge in [0.15, 0.2) is 11.0 Å². The van der Waals surface area contributed by atoms with Gasteiger partial charge in [0.05, 0.1) is 10.9 Å². The summed E-state index contributed by atoms with van der Waals surface area (Å²) in [5.74, 6) is 1.61. The van der Waals surface area contributed by atoms with Crippen LogP contribution in [0.2, 0.25) is 0 Å². The summed E-state index contributed by atoms with van der Waals surface area (Å²) >= 11 is 1.68. The van der Waals surface area contributed by atoms with Gasteiger partial charge in [-0.1, -0.05) is 67.4 Å². The van der Waals surface area contributed by atoms with Crippen molar-refractivity contribution in [2.45, 2.75) is 54.6 Å². The zero-order chi connectivity index (χ0) is 23.3. The fourth-order valence-corrected chi connectivity index (χ4v) is 6.56. The second-order valence-corrected chi connectivity index (χ2v) is 11.2. The van der Waals surface area contributed by atoms with Crippen LogP contribution in [0.4, 0.5) is 4.39 Å². The second kappa shape index (κ2) is 10.8. The maximum Gasteiger partial charge on any atom is 0.241 e. The molecule has 0 saturated heterocycles. The molecule has 3 aromatic rings. The van der Waals surface area contributed by atoms with E-state index in [1.807, 2.05) is 41.9 Å². The number of nitrogens with one attached hydrogen (secondary N) is 1. The van der Waals surface area contributed by atoms with Crippen molar-refractivity contribution < 1.29 is 12.8 Å². The van der Waals surface area contributed by atoms with E-state index >= 15 is 0 Å². The molecular weight excluding hydrogens is 459 g/mol. The van der Waals surface area contributed by atoms with Gasteiger partial charge in [-0.25, -0.2) is 17.5 Å². The summed E-state index contributed by atoms with van der Waals surface area (Å²) in [5.41, 5.74) is 0.962. The van der Waals surface area contributed by atoms with Crippen LogP contribution in [0.1, 0.15) is 49.5 Å². The molecule has 0 aliphatic heterocycles. The van der Waals surface area contributed by atoms with E-state index in [0.717, 1.165) is 22.5 Å². The van der Waals surface area contributed by atoms with Crippen molar-refractivity contribution in [3.63, 3.8) is 0 Å². The van der Waals surface area contributed by atoms with Crippen molar-refractivity contribution in [3.05, 3.63) is 71.8 Å². The highest BCUT2D eigenvalue weighted by molar-refractivity contribution is 7.99. The molecule has 4 rings (SSSR count). The van der Waals surface area contributed by atoms with Crippen molar-refractivity contribution in [2.24, 2.45) is 13.0 Å². The number of thioether (sulfide) groups is 1. The average Bonchev–Trinajstić information content (AvgIpc) is 3.19. The topological polar surface area (TPSA) is 76.9 Å². The Morgan fingerprint density at radius 1 is 1.09 bits per heavy atom.